The van der Waals surface area contributed by atoms with Gasteiger partial charge < -0.3 is 9.47 Å². The molecule has 0 radical (unpaired) electrons. The number of para-hydroxylation sites is 1. The SMILES string of the molecule is CCCOc1c(/C=N/Nc2nccs2)cccc1OC. The molecule has 0 saturated heterocycles. The zero-order valence-corrected chi connectivity index (χ0v) is 12.3. The topological polar surface area (TPSA) is 55.7 Å². The van der Waals surface area contributed by atoms with Crippen molar-refractivity contribution in [3.63, 3.8) is 0 Å². The van der Waals surface area contributed by atoms with Crippen LogP contribution in [0.3, 0.4) is 0 Å². The molecule has 5 nitrogen and oxygen atoms in total. The fourth-order valence-electron chi connectivity index (χ4n) is 1.59. The Kier molecular flexibility index (Phi) is 5.37. The van der Waals surface area contributed by atoms with Gasteiger partial charge in [-0.3, -0.25) is 5.43 Å². The molecule has 0 fully saturated rings. The lowest BCUT2D eigenvalue weighted by Gasteiger charge is -2.12. The number of hydrogen-bond donors (Lipinski definition) is 1. The number of hydrazone groups is 1. The van der Waals surface area contributed by atoms with Crippen molar-refractivity contribution < 1.29 is 9.47 Å². The van der Waals surface area contributed by atoms with Crippen LogP contribution in [0.2, 0.25) is 0 Å². The van der Waals surface area contributed by atoms with Gasteiger partial charge in [0.05, 0.1) is 19.9 Å². The molecule has 0 amide bonds. The van der Waals surface area contributed by atoms with Crippen LogP contribution in [-0.2, 0) is 0 Å². The molecule has 0 saturated carbocycles. The standard InChI is InChI=1S/C14H17N3O2S/c1-3-8-19-13-11(5-4-6-12(13)18-2)10-16-17-14-15-7-9-20-14/h4-7,9-10H,3,8H2,1-2H3,(H,15,17)/b16-10+. The maximum Gasteiger partial charge on any atom is 0.203 e. The minimum absolute atomic E-state index is 0.640. The van der Waals surface area contributed by atoms with Crippen molar-refractivity contribution in [3.05, 3.63) is 35.3 Å². The number of methoxy groups -OCH3 is 1. The second-order valence-corrected chi connectivity index (χ2v) is 4.83. The maximum absolute atomic E-state index is 5.74. The van der Waals surface area contributed by atoms with Crippen molar-refractivity contribution in [3.8, 4) is 11.5 Å². The molecule has 0 unspecified atom stereocenters. The van der Waals surface area contributed by atoms with Gasteiger partial charge in [-0.05, 0) is 18.6 Å². The highest BCUT2D eigenvalue weighted by atomic mass is 32.1. The second kappa shape index (κ2) is 7.49. The summed E-state index contributed by atoms with van der Waals surface area (Å²) in [6, 6.07) is 5.71. The summed E-state index contributed by atoms with van der Waals surface area (Å²) in [5, 5.41) is 6.80. The lowest BCUT2D eigenvalue weighted by molar-refractivity contribution is 0.294. The summed E-state index contributed by atoms with van der Waals surface area (Å²) in [6.45, 7) is 2.70. The first-order valence-electron chi connectivity index (χ1n) is 6.33. The first-order chi connectivity index (χ1) is 9.85. The third-order valence-electron chi connectivity index (χ3n) is 2.48. The van der Waals surface area contributed by atoms with Gasteiger partial charge in [0.2, 0.25) is 5.13 Å². The van der Waals surface area contributed by atoms with E-state index in [1.165, 1.54) is 11.3 Å². The number of benzene rings is 1. The molecule has 0 atom stereocenters. The third-order valence-corrected chi connectivity index (χ3v) is 3.15. The summed E-state index contributed by atoms with van der Waals surface area (Å²) in [5.74, 6) is 1.41. The Morgan fingerprint density at radius 3 is 3.05 bits per heavy atom. The summed E-state index contributed by atoms with van der Waals surface area (Å²) in [6.07, 6.45) is 4.37. The Hall–Kier alpha value is -2.08. The quantitative estimate of drug-likeness (QED) is 0.627. The predicted octanol–water partition coefficient (Wildman–Crippen LogP) is 3.39. The van der Waals surface area contributed by atoms with Gasteiger partial charge in [-0.2, -0.15) is 5.10 Å². The number of nitrogens with zero attached hydrogens (tertiary/aromatic N) is 2. The Bertz CT molecular complexity index is 556. The first-order valence-corrected chi connectivity index (χ1v) is 7.21. The van der Waals surface area contributed by atoms with Gasteiger partial charge in [0, 0.05) is 17.1 Å². The van der Waals surface area contributed by atoms with E-state index in [0.29, 0.717) is 18.1 Å². The van der Waals surface area contributed by atoms with Crippen LogP contribution in [-0.4, -0.2) is 24.9 Å². The first kappa shape index (κ1) is 14.3. The molecule has 0 aliphatic carbocycles. The smallest absolute Gasteiger partial charge is 0.203 e. The van der Waals surface area contributed by atoms with E-state index in [4.69, 9.17) is 9.47 Å². The highest BCUT2D eigenvalue weighted by Crippen LogP contribution is 2.30. The molecule has 1 heterocycles. The minimum Gasteiger partial charge on any atom is -0.493 e. The fraction of sp³-hybridized carbons (Fsp3) is 0.286. The van der Waals surface area contributed by atoms with Crippen LogP contribution < -0.4 is 14.9 Å². The van der Waals surface area contributed by atoms with E-state index in [-0.39, 0.29) is 0 Å². The van der Waals surface area contributed by atoms with Crippen LogP contribution in [0.25, 0.3) is 0 Å². The molecule has 0 aliphatic rings. The number of hydrogen-bond acceptors (Lipinski definition) is 6. The van der Waals surface area contributed by atoms with Crippen molar-refractivity contribution >= 4 is 22.7 Å². The number of anilines is 1. The average Bonchev–Trinajstić information content (AvgIpc) is 2.98. The Morgan fingerprint density at radius 2 is 2.35 bits per heavy atom. The number of aromatic nitrogens is 1. The van der Waals surface area contributed by atoms with E-state index in [1.807, 2.05) is 23.6 Å². The summed E-state index contributed by atoms with van der Waals surface area (Å²) in [4.78, 5) is 4.09. The van der Waals surface area contributed by atoms with Gasteiger partial charge in [-0.25, -0.2) is 4.98 Å². The fourth-order valence-corrected chi connectivity index (χ4v) is 2.07. The van der Waals surface area contributed by atoms with E-state index in [0.717, 1.165) is 17.1 Å². The van der Waals surface area contributed by atoms with Crippen molar-refractivity contribution in [1.82, 2.24) is 4.98 Å². The molecule has 0 bridgehead atoms. The van der Waals surface area contributed by atoms with E-state index in [1.54, 1.807) is 19.5 Å². The normalized spacial score (nSPS) is 10.7. The minimum atomic E-state index is 0.640. The number of ether oxygens (including phenoxy) is 2. The molecule has 106 valence electrons. The zero-order valence-electron chi connectivity index (χ0n) is 11.5. The van der Waals surface area contributed by atoms with Gasteiger partial charge in [-0.15, -0.1) is 11.3 Å². The Morgan fingerprint density at radius 1 is 1.45 bits per heavy atom. The molecular weight excluding hydrogens is 274 g/mol. The highest BCUT2D eigenvalue weighted by molar-refractivity contribution is 7.13. The van der Waals surface area contributed by atoms with Crippen LogP contribution >= 0.6 is 11.3 Å². The average molecular weight is 291 g/mol. The van der Waals surface area contributed by atoms with Crippen molar-refractivity contribution in [2.75, 3.05) is 19.1 Å². The van der Waals surface area contributed by atoms with Crippen LogP contribution in [0.4, 0.5) is 5.13 Å². The van der Waals surface area contributed by atoms with E-state index >= 15 is 0 Å². The lowest BCUT2D eigenvalue weighted by atomic mass is 10.2. The van der Waals surface area contributed by atoms with E-state index in [2.05, 4.69) is 22.4 Å². The number of rotatable bonds is 7. The largest absolute Gasteiger partial charge is 0.493 e. The van der Waals surface area contributed by atoms with Gasteiger partial charge in [0.15, 0.2) is 11.5 Å². The summed E-state index contributed by atoms with van der Waals surface area (Å²) >= 11 is 1.49. The Balaban J connectivity index is 2.14. The molecule has 6 heteroatoms. The van der Waals surface area contributed by atoms with E-state index < -0.39 is 0 Å². The van der Waals surface area contributed by atoms with Crippen LogP contribution in [0.1, 0.15) is 18.9 Å². The summed E-state index contributed by atoms with van der Waals surface area (Å²) in [7, 11) is 1.63. The molecule has 1 N–H and O–H groups in total. The van der Waals surface area contributed by atoms with Crippen molar-refractivity contribution in [2.45, 2.75) is 13.3 Å². The van der Waals surface area contributed by atoms with Crippen LogP contribution in [0.15, 0.2) is 34.9 Å². The van der Waals surface area contributed by atoms with Gasteiger partial charge in [-0.1, -0.05) is 13.0 Å². The molecule has 20 heavy (non-hydrogen) atoms. The predicted molar refractivity (Wildman–Crippen MR) is 82.1 cm³/mol. The van der Waals surface area contributed by atoms with Crippen LogP contribution in [0.5, 0.6) is 11.5 Å². The zero-order chi connectivity index (χ0) is 14.2. The van der Waals surface area contributed by atoms with Gasteiger partial charge >= 0.3 is 0 Å². The molecule has 0 aliphatic heterocycles. The third kappa shape index (κ3) is 3.71. The van der Waals surface area contributed by atoms with E-state index in [9.17, 15) is 0 Å². The number of nitrogens with one attached hydrogen (secondary N) is 1. The maximum atomic E-state index is 5.74. The molecule has 0 spiro atoms. The van der Waals surface area contributed by atoms with Gasteiger partial charge in [0.25, 0.3) is 0 Å². The summed E-state index contributed by atoms with van der Waals surface area (Å²) < 4.78 is 11.1. The number of thiazole rings is 1. The monoisotopic (exact) mass is 291 g/mol. The lowest BCUT2D eigenvalue weighted by Crippen LogP contribution is -2.01. The van der Waals surface area contributed by atoms with Crippen molar-refractivity contribution in [1.29, 1.82) is 0 Å². The molecule has 2 rings (SSSR count). The summed E-state index contributed by atoms with van der Waals surface area (Å²) in [5.41, 5.74) is 3.74. The highest BCUT2D eigenvalue weighted by Gasteiger charge is 2.08. The molecule has 1 aromatic carbocycles. The second-order valence-electron chi connectivity index (χ2n) is 3.93. The van der Waals surface area contributed by atoms with Crippen LogP contribution in [0, 0.1) is 0 Å². The molecular formula is C14H17N3O2S. The van der Waals surface area contributed by atoms with Crippen molar-refractivity contribution in [2.24, 2.45) is 5.10 Å². The molecule has 1 aromatic heterocycles. The molecule has 2 aromatic rings. The van der Waals surface area contributed by atoms with Gasteiger partial charge in [0.1, 0.15) is 0 Å². The Labute approximate surface area is 122 Å².